The molecule has 0 saturated heterocycles. The summed E-state index contributed by atoms with van der Waals surface area (Å²) in [5.74, 6) is 0.453. The van der Waals surface area contributed by atoms with Gasteiger partial charge in [0.05, 0.1) is 11.9 Å². The first-order valence-electron chi connectivity index (χ1n) is 4.53. The standard InChI is InChI=1S/C10H11N3O2/c1-13-8(5-11)12-9-6(10(13)15)3-2-4-7(9)14/h2-4,14H,5,11H2,1H3. The fourth-order valence-corrected chi connectivity index (χ4v) is 1.51. The lowest BCUT2D eigenvalue weighted by Gasteiger charge is -2.07. The highest BCUT2D eigenvalue weighted by molar-refractivity contribution is 5.83. The van der Waals surface area contributed by atoms with Gasteiger partial charge < -0.3 is 10.8 Å². The van der Waals surface area contributed by atoms with Gasteiger partial charge in [-0.3, -0.25) is 9.36 Å². The summed E-state index contributed by atoms with van der Waals surface area (Å²) in [7, 11) is 1.61. The number of aromatic hydroxyl groups is 1. The van der Waals surface area contributed by atoms with Gasteiger partial charge in [-0.1, -0.05) is 6.07 Å². The van der Waals surface area contributed by atoms with Crippen LogP contribution in [0.5, 0.6) is 5.75 Å². The molecule has 2 rings (SSSR count). The van der Waals surface area contributed by atoms with E-state index in [1.165, 1.54) is 10.6 Å². The zero-order valence-corrected chi connectivity index (χ0v) is 8.27. The maximum atomic E-state index is 11.8. The van der Waals surface area contributed by atoms with Gasteiger partial charge in [0.1, 0.15) is 17.1 Å². The van der Waals surface area contributed by atoms with Crippen LogP contribution in [0.4, 0.5) is 0 Å². The Morgan fingerprint density at radius 2 is 2.27 bits per heavy atom. The van der Waals surface area contributed by atoms with E-state index in [1.54, 1.807) is 19.2 Å². The first kappa shape index (κ1) is 9.67. The van der Waals surface area contributed by atoms with Gasteiger partial charge in [0, 0.05) is 7.05 Å². The van der Waals surface area contributed by atoms with Crippen LogP contribution in [0.2, 0.25) is 0 Å². The molecular weight excluding hydrogens is 194 g/mol. The third kappa shape index (κ3) is 1.37. The minimum absolute atomic E-state index is 0.0000926. The van der Waals surface area contributed by atoms with Crippen LogP contribution in [0.1, 0.15) is 5.82 Å². The van der Waals surface area contributed by atoms with Crippen molar-refractivity contribution in [2.75, 3.05) is 0 Å². The molecule has 1 aromatic carbocycles. The molecule has 5 nitrogen and oxygen atoms in total. The third-order valence-corrected chi connectivity index (χ3v) is 2.36. The average molecular weight is 205 g/mol. The average Bonchev–Trinajstić information content (AvgIpc) is 2.24. The number of rotatable bonds is 1. The second kappa shape index (κ2) is 3.36. The van der Waals surface area contributed by atoms with Crippen LogP contribution in [0.25, 0.3) is 10.9 Å². The zero-order chi connectivity index (χ0) is 11.0. The van der Waals surface area contributed by atoms with Crippen LogP contribution in [-0.4, -0.2) is 14.7 Å². The molecule has 0 aliphatic heterocycles. The molecule has 78 valence electrons. The molecule has 0 fully saturated rings. The Kier molecular flexibility index (Phi) is 2.17. The van der Waals surface area contributed by atoms with Gasteiger partial charge in [0.2, 0.25) is 0 Å². The molecule has 2 aromatic rings. The molecular formula is C10H11N3O2. The number of hydrogen-bond donors (Lipinski definition) is 2. The topological polar surface area (TPSA) is 81.1 Å². The Bertz CT molecular complexity index is 575. The van der Waals surface area contributed by atoms with Gasteiger partial charge in [0.25, 0.3) is 5.56 Å². The molecule has 0 aliphatic carbocycles. The van der Waals surface area contributed by atoms with E-state index in [9.17, 15) is 9.90 Å². The molecule has 0 amide bonds. The van der Waals surface area contributed by atoms with Gasteiger partial charge in [-0.15, -0.1) is 0 Å². The number of aromatic nitrogens is 2. The maximum Gasteiger partial charge on any atom is 0.261 e. The molecule has 0 radical (unpaired) electrons. The lowest BCUT2D eigenvalue weighted by atomic mass is 10.2. The summed E-state index contributed by atoms with van der Waals surface area (Å²) in [6.07, 6.45) is 0. The number of nitrogens with zero attached hydrogens (tertiary/aromatic N) is 2. The van der Waals surface area contributed by atoms with E-state index in [2.05, 4.69) is 4.98 Å². The van der Waals surface area contributed by atoms with Gasteiger partial charge in [0.15, 0.2) is 0 Å². The molecule has 1 aromatic heterocycles. The van der Waals surface area contributed by atoms with E-state index in [-0.39, 0.29) is 17.9 Å². The van der Waals surface area contributed by atoms with Crippen molar-refractivity contribution in [2.45, 2.75) is 6.54 Å². The fourth-order valence-electron chi connectivity index (χ4n) is 1.51. The number of nitrogens with two attached hydrogens (primary N) is 1. The number of phenols is 1. The Balaban J connectivity index is 2.98. The van der Waals surface area contributed by atoms with Crippen molar-refractivity contribution < 1.29 is 5.11 Å². The monoisotopic (exact) mass is 205 g/mol. The molecule has 1 heterocycles. The van der Waals surface area contributed by atoms with Crippen molar-refractivity contribution in [3.63, 3.8) is 0 Å². The van der Waals surface area contributed by atoms with E-state index >= 15 is 0 Å². The molecule has 0 spiro atoms. The minimum atomic E-state index is -0.198. The maximum absolute atomic E-state index is 11.8. The number of benzene rings is 1. The van der Waals surface area contributed by atoms with E-state index in [0.29, 0.717) is 16.7 Å². The summed E-state index contributed by atoms with van der Waals surface area (Å²) in [6.45, 7) is 0.163. The van der Waals surface area contributed by atoms with Gasteiger partial charge in [-0.05, 0) is 12.1 Å². The predicted molar refractivity (Wildman–Crippen MR) is 56.5 cm³/mol. The van der Waals surface area contributed by atoms with Gasteiger partial charge in [-0.2, -0.15) is 0 Å². The predicted octanol–water partition coefficient (Wildman–Crippen LogP) is 0.0978. The summed E-state index contributed by atoms with van der Waals surface area (Å²) in [5.41, 5.74) is 5.57. The lowest BCUT2D eigenvalue weighted by Crippen LogP contribution is -2.24. The number of fused-ring (bicyclic) bond motifs is 1. The van der Waals surface area contributed by atoms with Crippen molar-refractivity contribution in [2.24, 2.45) is 12.8 Å². The smallest absolute Gasteiger partial charge is 0.261 e. The van der Waals surface area contributed by atoms with Crippen LogP contribution in [0, 0.1) is 0 Å². The van der Waals surface area contributed by atoms with Crippen LogP contribution in [0.3, 0.4) is 0 Å². The SMILES string of the molecule is Cn1c(CN)nc2c(O)cccc2c1=O. The second-order valence-corrected chi connectivity index (χ2v) is 3.27. The first-order valence-corrected chi connectivity index (χ1v) is 4.53. The third-order valence-electron chi connectivity index (χ3n) is 2.36. The van der Waals surface area contributed by atoms with Gasteiger partial charge >= 0.3 is 0 Å². The quantitative estimate of drug-likeness (QED) is 0.691. The number of hydrogen-bond acceptors (Lipinski definition) is 4. The Morgan fingerprint density at radius 3 is 2.93 bits per heavy atom. The molecule has 0 bridgehead atoms. The van der Waals surface area contributed by atoms with Crippen molar-refractivity contribution in [1.29, 1.82) is 0 Å². The van der Waals surface area contributed by atoms with E-state index < -0.39 is 0 Å². The largest absolute Gasteiger partial charge is 0.506 e. The van der Waals surface area contributed by atoms with E-state index in [0.717, 1.165) is 0 Å². The highest BCUT2D eigenvalue weighted by Crippen LogP contribution is 2.19. The van der Waals surface area contributed by atoms with E-state index in [1.807, 2.05) is 0 Å². The van der Waals surface area contributed by atoms with Gasteiger partial charge in [-0.25, -0.2) is 4.98 Å². The Labute approximate surface area is 85.8 Å². The summed E-state index contributed by atoms with van der Waals surface area (Å²) in [5, 5.41) is 9.95. The summed E-state index contributed by atoms with van der Waals surface area (Å²) >= 11 is 0. The van der Waals surface area contributed by atoms with Crippen molar-refractivity contribution in [1.82, 2.24) is 9.55 Å². The molecule has 0 aliphatic rings. The number of para-hydroxylation sites is 1. The molecule has 3 N–H and O–H groups in total. The van der Waals surface area contributed by atoms with Crippen LogP contribution in [0.15, 0.2) is 23.0 Å². The van der Waals surface area contributed by atoms with Crippen molar-refractivity contribution in [3.8, 4) is 5.75 Å². The molecule has 0 saturated carbocycles. The van der Waals surface area contributed by atoms with Crippen LogP contribution in [-0.2, 0) is 13.6 Å². The van der Waals surface area contributed by atoms with Crippen molar-refractivity contribution in [3.05, 3.63) is 34.4 Å². The second-order valence-electron chi connectivity index (χ2n) is 3.27. The highest BCUT2D eigenvalue weighted by Gasteiger charge is 2.09. The summed E-state index contributed by atoms with van der Waals surface area (Å²) < 4.78 is 1.39. The summed E-state index contributed by atoms with van der Waals surface area (Å²) in [4.78, 5) is 16.0. The number of phenolic OH excluding ortho intramolecular Hbond substituents is 1. The van der Waals surface area contributed by atoms with E-state index in [4.69, 9.17) is 5.73 Å². The molecule has 0 atom stereocenters. The Hall–Kier alpha value is -1.88. The zero-order valence-electron chi connectivity index (χ0n) is 8.27. The summed E-state index contributed by atoms with van der Waals surface area (Å²) in [6, 6.07) is 4.74. The minimum Gasteiger partial charge on any atom is -0.506 e. The normalized spacial score (nSPS) is 10.8. The van der Waals surface area contributed by atoms with Crippen LogP contribution < -0.4 is 11.3 Å². The first-order chi connectivity index (χ1) is 7.15. The van der Waals surface area contributed by atoms with Crippen molar-refractivity contribution >= 4 is 10.9 Å². The lowest BCUT2D eigenvalue weighted by molar-refractivity contribution is 0.479. The molecule has 0 unspecified atom stereocenters. The molecule has 5 heteroatoms. The highest BCUT2D eigenvalue weighted by atomic mass is 16.3. The molecule has 15 heavy (non-hydrogen) atoms. The fraction of sp³-hybridized carbons (Fsp3) is 0.200. The Morgan fingerprint density at radius 1 is 1.53 bits per heavy atom. The van der Waals surface area contributed by atoms with Crippen LogP contribution >= 0.6 is 0 Å².